The second-order valence-electron chi connectivity index (χ2n) is 6.51. The molecule has 0 saturated heterocycles. The van der Waals surface area contributed by atoms with Gasteiger partial charge in [-0.15, -0.1) is 0 Å². The van der Waals surface area contributed by atoms with Crippen molar-refractivity contribution in [1.82, 2.24) is 10.1 Å². The Balaban J connectivity index is 1.85. The molecule has 0 aliphatic heterocycles. The van der Waals surface area contributed by atoms with E-state index < -0.39 is 0 Å². The quantitative estimate of drug-likeness (QED) is 0.887. The Morgan fingerprint density at radius 3 is 2.68 bits per heavy atom. The van der Waals surface area contributed by atoms with Gasteiger partial charge in [-0.1, -0.05) is 25.9 Å². The molecule has 1 aromatic rings. The van der Waals surface area contributed by atoms with Crippen LogP contribution >= 0.6 is 0 Å². The summed E-state index contributed by atoms with van der Waals surface area (Å²) in [6.07, 6.45) is 3.45. The van der Waals surface area contributed by atoms with Crippen molar-refractivity contribution in [3.05, 3.63) is 11.7 Å². The van der Waals surface area contributed by atoms with Crippen molar-refractivity contribution in [2.75, 3.05) is 6.61 Å². The summed E-state index contributed by atoms with van der Waals surface area (Å²) in [4.78, 5) is 4.43. The predicted octanol–water partition coefficient (Wildman–Crippen LogP) is 2.47. The van der Waals surface area contributed by atoms with E-state index >= 15 is 0 Å². The molecule has 0 radical (unpaired) electrons. The molecule has 2 N–H and O–H groups in total. The third kappa shape index (κ3) is 3.54. The van der Waals surface area contributed by atoms with Gasteiger partial charge < -0.3 is 15.0 Å². The lowest BCUT2D eigenvalue weighted by Gasteiger charge is -2.33. The zero-order valence-corrected chi connectivity index (χ0v) is 12.3. The summed E-state index contributed by atoms with van der Waals surface area (Å²) >= 11 is 0. The van der Waals surface area contributed by atoms with Crippen LogP contribution in [0.15, 0.2) is 4.52 Å². The lowest BCUT2D eigenvalue weighted by atomic mass is 9.80. The maximum absolute atomic E-state index is 6.12. The molecule has 1 aromatic heterocycles. The highest BCUT2D eigenvalue weighted by molar-refractivity contribution is 4.99. The van der Waals surface area contributed by atoms with Crippen molar-refractivity contribution in [2.24, 2.45) is 17.1 Å². The van der Waals surface area contributed by atoms with Gasteiger partial charge in [0.1, 0.15) is 0 Å². The molecule has 108 valence electrons. The van der Waals surface area contributed by atoms with Crippen molar-refractivity contribution in [2.45, 2.75) is 59.1 Å². The topological polar surface area (TPSA) is 74.2 Å². The summed E-state index contributed by atoms with van der Waals surface area (Å²) in [6.45, 7) is 9.05. The summed E-state index contributed by atoms with van der Waals surface area (Å²) in [5, 5.41) is 4.01. The number of rotatable bonds is 5. The normalized spacial score (nSPS) is 25.1. The first kappa shape index (κ1) is 14.5. The Bertz CT molecular complexity index is 405. The van der Waals surface area contributed by atoms with Gasteiger partial charge in [-0.05, 0) is 31.1 Å². The summed E-state index contributed by atoms with van der Waals surface area (Å²) < 4.78 is 10.8. The van der Waals surface area contributed by atoms with Crippen molar-refractivity contribution in [3.8, 4) is 0 Å². The third-order valence-electron chi connectivity index (χ3n) is 3.75. The van der Waals surface area contributed by atoms with E-state index in [1.807, 2.05) is 6.92 Å². The van der Waals surface area contributed by atoms with Crippen LogP contribution in [-0.2, 0) is 11.2 Å². The van der Waals surface area contributed by atoms with Gasteiger partial charge in [-0.2, -0.15) is 4.98 Å². The van der Waals surface area contributed by atoms with Crippen LogP contribution < -0.4 is 5.73 Å². The van der Waals surface area contributed by atoms with Crippen LogP contribution in [0.1, 0.15) is 58.3 Å². The Kier molecular flexibility index (Phi) is 4.26. The number of hydrogen-bond donors (Lipinski definition) is 1. The fourth-order valence-electron chi connectivity index (χ4n) is 2.32. The molecule has 0 bridgehead atoms. The van der Waals surface area contributed by atoms with E-state index in [0.717, 1.165) is 25.9 Å². The molecule has 0 spiro atoms. The van der Waals surface area contributed by atoms with Crippen LogP contribution in [0.25, 0.3) is 0 Å². The lowest BCUT2D eigenvalue weighted by molar-refractivity contribution is -0.0258. The Labute approximate surface area is 114 Å². The molecule has 1 aliphatic rings. The molecule has 1 unspecified atom stereocenters. The maximum atomic E-state index is 6.12. The van der Waals surface area contributed by atoms with Crippen molar-refractivity contribution >= 4 is 0 Å². The van der Waals surface area contributed by atoms with Crippen molar-refractivity contribution < 1.29 is 9.26 Å². The lowest BCUT2D eigenvalue weighted by Crippen LogP contribution is -2.32. The molecule has 19 heavy (non-hydrogen) atoms. The highest BCUT2D eigenvalue weighted by atomic mass is 16.5. The summed E-state index contributed by atoms with van der Waals surface area (Å²) in [7, 11) is 0. The molecule has 1 aliphatic carbocycles. The number of nitrogens with two attached hydrogens (primary N) is 1. The van der Waals surface area contributed by atoms with E-state index in [0.29, 0.717) is 23.7 Å². The summed E-state index contributed by atoms with van der Waals surface area (Å²) in [5.74, 6) is 1.92. The summed E-state index contributed by atoms with van der Waals surface area (Å²) in [5.41, 5.74) is 6.06. The van der Waals surface area contributed by atoms with Gasteiger partial charge in [-0.3, -0.25) is 0 Å². The number of aromatic nitrogens is 2. The van der Waals surface area contributed by atoms with Crippen LogP contribution in [0.4, 0.5) is 0 Å². The van der Waals surface area contributed by atoms with Gasteiger partial charge in [-0.25, -0.2) is 0 Å². The smallest absolute Gasteiger partial charge is 0.226 e. The van der Waals surface area contributed by atoms with Crippen LogP contribution in [-0.4, -0.2) is 22.9 Å². The first-order valence-electron chi connectivity index (χ1n) is 7.09. The van der Waals surface area contributed by atoms with E-state index in [2.05, 4.69) is 30.9 Å². The first-order valence-corrected chi connectivity index (χ1v) is 7.09. The fraction of sp³-hybridized carbons (Fsp3) is 0.857. The third-order valence-corrected chi connectivity index (χ3v) is 3.75. The molecule has 0 amide bonds. The van der Waals surface area contributed by atoms with Gasteiger partial charge in [0, 0.05) is 13.0 Å². The number of ether oxygens (including phenoxy) is 1. The van der Waals surface area contributed by atoms with Gasteiger partial charge >= 0.3 is 0 Å². The van der Waals surface area contributed by atoms with Crippen LogP contribution in [0, 0.1) is 11.3 Å². The molecule has 1 fully saturated rings. The zero-order chi connectivity index (χ0) is 14.0. The highest BCUT2D eigenvalue weighted by Crippen LogP contribution is 2.33. The molecule has 0 aromatic carbocycles. The molecule has 1 saturated carbocycles. The fourth-order valence-corrected chi connectivity index (χ4v) is 2.32. The second-order valence-corrected chi connectivity index (χ2v) is 6.51. The summed E-state index contributed by atoms with van der Waals surface area (Å²) in [6, 6.07) is -0.192. The second kappa shape index (κ2) is 5.59. The SMILES string of the molecule is CCOC1CC(Cc2nc(C(N)C(C)(C)C)no2)C1. The minimum absolute atomic E-state index is 0.0579. The van der Waals surface area contributed by atoms with E-state index in [-0.39, 0.29) is 11.5 Å². The van der Waals surface area contributed by atoms with Gasteiger partial charge in [0.2, 0.25) is 5.89 Å². The van der Waals surface area contributed by atoms with Crippen LogP contribution in [0.5, 0.6) is 0 Å². The van der Waals surface area contributed by atoms with Crippen molar-refractivity contribution in [3.63, 3.8) is 0 Å². The van der Waals surface area contributed by atoms with Crippen LogP contribution in [0.2, 0.25) is 0 Å². The monoisotopic (exact) mass is 267 g/mol. The molecular weight excluding hydrogens is 242 g/mol. The molecule has 1 heterocycles. The first-order chi connectivity index (χ1) is 8.90. The minimum Gasteiger partial charge on any atom is -0.378 e. The van der Waals surface area contributed by atoms with E-state index in [9.17, 15) is 0 Å². The predicted molar refractivity (Wildman–Crippen MR) is 72.5 cm³/mol. The highest BCUT2D eigenvalue weighted by Gasteiger charge is 2.32. The largest absolute Gasteiger partial charge is 0.378 e. The Morgan fingerprint density at radius 2 is 2.11 bits per heavy atom. The average molecular weight is 267 g/mol. The Morgan fingerprint density at radius 1 is 1.42 bits per heavy atom. The van der Waals surface area contributed by atoms with Gasteiger partial charge in [0.05, 0.1) is 12.1 Å². The van der Waals surface area contributed by atoms with Crippen LogP contribution in [0.3, 0.4) is 0 Å². The van der Waals surface area contributed by atoms with Gasteiger partial charge in [0.15, 0.2) is 5.82 Å². The minimum atomic E-state index is -0.192. The molecule has 5 heteroatoms. The number of nitrogens with zero attached hydrogens (tertiary/aromatic N) is 2. The van der Waals surface area contributed by atoms with E-state index in [1.165, 1.54) is 0 Å². The Hall–Kier alpha value is -0.940. The van der Waals surface area contributed by atoms with Crippen molar-refractivity contribution in [1.29, 1.82) is 0 Å². The zero-order valence-electron chi connectivity index (χ0n) is 12.3. The molecule has 2 rings (SSSR count). The van der Waals surface area contributed by atoms with Gasteiger partial charge in [0.25, 0.3) is 0 Å². The van der Waals surface area contributed by atoms with E-state index in [1.54, 1.807) is 0 Å². The average Bonchev–Trinajstić information content (AvgIpc) is 2.72. The molecule has 1 atom stereocenters. The number of hydrogen-bond acceptors (Lipinski definition) is 5. The molecular formula is C14H25N3O2. The van der Waals surface area contributed by atoms with E-state index in [4.69, 9.17) is 15.0 Å². The maximum Gasteiger partial charge on any atom is 0.226 e. The standard InChI is InChI=1S/C14H25N3O2/c1-5-18-10-6-9(7-10)8-11-16-13(17-19-11)12(15)14(2,3)4/h9-10,12H,5-8,15H2,1-4H3. The molecule has 5 nitrogen and oxygen atoms in total.